The maximum Gasteiger partial charge on any atom is 0.328 e. The standard InChI is InChI=1S/C12H14FIN2O4/c13-9-7(4-17)8(5-18)10(9)16-3-6(1-2-14)11(19)15-12(16)20/h1-3,7-10,17-18H,4-5H2,(H,15,19,20)/b2-1+/t7-,8?,9?,10+/m1/s1. The average Bonchev–Trinajstić information content (AvgIpc) is 2.41. The molecule has 0 aromatic carbocycles. The van der Waals surface area contributed by atoms with Gasteiger partial charge in [0, 0.05) is 31.2 Å². The molecule has 0 spiro atoms. The van der Waals surface area contributed by atoms with Gasteiger partial charge in [0.05, 0.1) is 11.6 Å². The molecule has 1 aromatic heterocycles. The second-order valence-corrected chi connectivity index (χ2v) is 5.39. The molecule has 0 bridgehead atoms. The number of aromatic amines is 1. The minimum Gasteiger partial charge on any atom is -0.396 e. The van der Waals surface area contributed by atoms with Crippen molar-refractivity contribution in [3.63, 3.8) is 0 Å². The number of hydrogen-bond donors (Lipinski definition) is 3. The minimum absolute atomic E-state index is 0.232. The third-order valence-corrected chi connectivity index (χ3v) is 4.06. The first-order valence-electron chi connectivity index (χ1n) is 6.03. The van der Waals surface area contributed by atoms with E-state index in [0.29, 0.717) is 0 Å². The van der Waals surface area contributed by atoms with Crippen molar-refractivity contribution in [3.8, 4) is 0 Å². The average molecular weight is 396 g/mol. The first-order valence-corrected chi connectivity index (χ1v) is 7.27. The van der Waals surface area contributed by atoms with E-state index >= 15 is 0 Å². The normalized spacial score (nSPS) is 29.6. The summed E-state index contributed by atoms with van der Waals surface area (Å²) in [6.45, 7) is -0.721. The molecule has 110 valence electrons. The molecule has 0 saturated heterocycles. The lowest BCUT2D eigenvalue weighted by molar-refractivity contribution is -0.0875. The molecule has 2 rings (SSSR count). The van der Waals surface area contributed by atoms with Crippen LogP contribution in [0.1, 0.15) is 11.6 Å². The van der Waals surface area contributed by atoms with Gasteiger partial charge in [0.15, 0.2) is 0 Å². The van der Waals surface area contributed by atoms with Crippen LogP contribution in [0.15, 0.2) is 19.9 Å². The van der Waals surface area contributed by atoms with Gasteiger partial charge < -0.3 is 10.2 Å². The SMILES string of the molecule is O=c1[nH]c(=O)n([C@@H]2C(F)[C@H](CO)C2CO)cc1/C=C/I. The van der Waals surface area contributed by atoms with Crippen molar-refractivity contribution in [1.82, 2.24) is 9.55 Å². The molecule has 4 atom stereocenters. The Balaban J connectivity index is 2.45. The van der Waals surface area contributed by atoms with Gasteiger partial charge in [-0.1, -0.05) is 22.6 Å². The number of alkyl halides is 1. The Kier molecular flexibility index (Phi) is 4.76. The largest absolute Gasteiger partial charge is 0.396 e. The summed E-state index contributed by atoms with van der Waals surface area (Å²) in [5, 5.41) is 18.3. The number of nitrogens with one attached hydrogen (secondary N) is 1. The highest BCUT2D eigenvalue weighted by Gasteiger charge is 2.51. The zero-order valence-corrected chi connectivity index (χ0v) is 12.5. The van der Waals surface area contributed by atoms with Gasteiger partial charge in [-0.3, -0.25) is 14.3 Å². The predicted octanol–water partition coefficient (Wildman–Crippen LogP) is 0.0521. The molecular weight excluding hydrogens is 382 g/mol. The third kappa shape index (κ3) is 2.47. The van der Waals surface area contributed by atoms with E-state index in [1.54, 1.807) is 4.08 Å². The summed E-state index contributed by atoms with van der Waals surface area (Å²) in [7, 11) is 0. The summed E-state index contributed by atoms with van der Waals surface area (Å²) < 4.78 is 16.7. The topological polar surface area (TPSA) is 95.3 Å². The number of H-pyrrole nitrogens is 1. The fourth-order valence-electron chi connectivity index (χ4n) is 2.58. The third-order valence-electron chi connectivity index (χ3n) is 3.70. The molecule has 2 unspecified atom stereocenters. The Morgan fingerprint density at radius 3 is 2.55 bits per heavy atom. The summed E-state index contributed by atoms with van der Waals surface area (Å²) in [6, 6.07) is -0.872. The smallest absolute Gasteiger partial charge is 0.328 e. The van der Waals surface area contributed by atoms with Gasteiger partial charge >= 0.3 is 5.69 Å². The van der Waals surface area contributed by atoms with Crippen LogP contribution in [0.5, 0.6) is 0 Å². The highest BCUT2D eigenvalue weighted by molar-refractivity contribution is 14.1. The second kappa shape index (κ2) is 6.19. The van der Waals surface area contributed by atoms with Crippen LogP contribution in [0, 0.1) is 11.8 Å². The van der Waals surface area contributed by atoms with Crippen LogP contribution in [0.4, 0.5) is 4.39 Å². The lowest BCUT2D eigenvalue weighted by Crippen LogP contribution is -2.55. The van der Waals surface area contributed by atoms with Crippen molar-refractivity contribution in [1.29, 1.82) is 0 Å². The summed E-state index contributed by atoms with van der Waals surface area (Å²) in [6.07, 6.45) is 1.35. The van der Waals surface area contributed by atoms with E-state index in [2.05, 4.69) is 4.98 Å². The van der Waals surface area contributed by atoms with Gasteiger partial charge in [-0.05, 0) is 10.2 Å². The Morgan fingerprint density at radius 1 is 1.35 bits per heavy atom. The molecule has 6 nitrogen and oxygen atoms in total. The Bertz CT molecular complexity index is 627. The Labute approximate surface area is 127 Å². The number of aromatic nitrogens is 2. The first-order chi connectivity index (χ1) is 9.54. The van der Waals surface area contributed by atoms with E-state index in [1.807, 2.05) is 22.6 Å². The first kappa shape index (κ1) is 15.4. The van der Waals surface area contributed by atoms with Crippen LogP contribution >= 0.6 is 22.6 Å². The molecule has 1 aliphatic carbocycles. The van der Waals surface area contributed by atoms with Crippen LogP contribution in [-0.2, 0) is 0 Å². The van der Waals surface area contributed by atoms with Crippen LogP contribution in [-0.4, -0.2) is 39.1 Å². The van der Waals surface area contributed by atoms with Crippen LogP contribution in [0.2, 0.25) is 0 Å². The number of hydrogen-bond acceptors (Lipinski definition) is 4. The zero-order valence-electron chi connectivity index (χ0n) is 10.4. The lowest BCUT2D eigenvalue weighted by Gasteiger charge is -2.46. The van der Waals surface area contributed by atoms with Gasteiger partial charge in [0.1, 0.15) is 6.17 Å². The van der Waals surface area contributed by atoms with Crippen molar-refractivity contribution in [2.75, 3.05) is 13.2 Å². The number of aliphatic hydroxyl groups excluding tert-OH is 2. The molecule has 0 amide bonds. The molecule has 1 aromatic rings. The molecule has 0 radical (unpaired) electrons. The Hall–Kier alpha value is -1.00. The summed E-state index contributed by atoms with van der Waals surface area (Å²) in [5.41, 5.74) is -1.04. The van der Waals surface area contributed by atoms with Gasteiger partial charge in [-0.2, -0.15) is 0 Å². The van der Waals surface area contributed by atoms with Gasteiger partial charge in [0.25, 0.3) is 5.56 Å². The second-order valence-electron chi connectivity index (χ2n) is 4.67. The fourth-order valence-corrected chi connectivity index (χ4v) is 2.97. The van der Waals surface area contributed by atoms with Crippen molar-refractivity contribution >= 4 is 28.7 Å². The number of aliphatic hydroxyl groups is 2. The maximum atomic E-state index is 14.0. The molecular formula is C12H14FIN2O4. The monoisotopic (exact) mass is 396 g/mol. The van der Waals surface area contributed by atoms with Gasteiger partial charge in [-0.25, -0.2) is 9.18 Å². The van der Waals surface area contributed by atoms with Crippen molar-refractivity contribution in [2.45, 2.75) is 12.2 Å². The van der Waals surface area contributed by atoms with Crippen LogP contribution < -0.4 is 11.2 Å². The highest BCUT2D eigenvalue weighted by Crippen LogP contribution is 2.45. The van der Waals surface area contributed by atoms with E-state index in [9.17, 15) is 19.1 Å². The molecule has 8 heteroatoms. The van der Waals surface area contributed by atoms with E-state index in [-0.39, 0.29) is 18.8 Å². The number of halogens is 2. The Morgan fingerprint density at radius 2 is 2.00 bits per heavy atom. The van der Waals surface area contributed by atoms with E-state index in [1.165, 1.54) is 12.3 Å². The molecule has 3 N–H and O–H groups in total. The molecule has 1 aliphatic rings. The zero-order chi connectivity index (χ0) is 14.9. The summed E-state index contributed by atoms with van der Waals surface area (Å²) in [5.74, 6) is -1.23. The quantitative estimate of drug-likeness (QED) is 0.627. The van der Waals surface area contributed by atoms with E-state index in [4.69, 9.17) is 5.11 Å². The van der Waals surface area contributed by atoms with Crippen molar-refractivity contribution < 1.29 is 14.6 Å². The van der Waals surface area contributed by atoms with Crippen molar-refractivity contribution in [3.05, 3.63) is 36.7 Å². The fraction of sp³-hybridized carbons (Fsp3) is 0.500. The van der Waals surface area contributed by atoms with Gasteiger partial charge in [0.2, 0.25) is 0 Å². The van der Waals surface area contributed by atoms with E-state index < -0.39 is 35.3 Å². The molecule has 1 saturated carbocycles. The maximum absolute atomic E-state index is 14.0. The van der Waals surface area contributed by atoms with Crippen LogP contribution in [0.25, 0.3) is 6.08 Å². The highest BCUT2D eigenvalue weighted by atomic mass is 127. The molecule has 1 heterocycles. The van der Waals surface area contributed by atoms with Crippen molar-refractivity contribution in [2.24, 2.45) is 11.8 Å². The predicted molar refractivity (Wildman–Crippen MR) is 79.5 cm³/mol. The van der Waals surface area contributed by atoms with Gasteiger partial charge in [-0.15, -0.1) is 0 Å². The summed E-state index contributed by atoms with van der Waals surface area (Å²) >= 11 is 1.93. The lowest BCUT2D eigenvalue weighted by atomic mass is 9.68. The van der Waals surface area contributed by atoms with Crippen LogP contribution in [0.3, 0.4) is 0 Å². The molecule has 20 heavy (non-hydrogen) atoms. The summed E-state index contributed by atoms with van der Waals surface area (Å²) in [4.78, 5) is 25.5. The van der Waals surface area contributed by atoms with E-state index in [0.717, 1.165) is 4.57 Å². The number of rotatable bonds is 4. The molecule has 0 aliphatic heterocycles. The minimum atomic E-state index is -1.43. The number of nitrogens with zero attached hydrogens (tertiary/aromatic N) is 1. The molecule has 1 fully saturated rings.